The first-order valence-electron chi connectivity index (χ1n) is 6.53. The molecule has 5 heteroatoms. The van der Waals surface area contributed by atoms with Gasteiger partial charge in [0.1, 0.15) is 11.8 Å². The summed E-state index contributed by atoms with van der Waals surface area (Å²) in [6.45, 7) is 2.04. The van der Waals surface area contributed by atoms with Gasteiger partial charge in [-0.05, 0) is 24.1 Å². The SMILES string of the molecule is CC(=O)NCCC=Cc1ccc2occ(C=O)c(=O)c2c1. The van der Waals surface area contributed by atoms with Crippen LogP contribution in [0.1, 0.15) is 29.3 Å². The molecule has 0 bridgehead atoms. The number of rotatable bonds is 5. The van der Waals surface area contributed by atoms with Crippen molar-refractivity contribution in [2.24, 2.45) is 0 Å². The lowest BCUT2D eigenvalue weighted by Crippen LogP contribution is -2.20. The molecule has 5 nitrogen and oxygen atoms in total. The first kappa shape index (κ1) is 14.7. The monoisotopic (exact) mass is 285 g/mol. The minimum Gasteiger partial charge on any atom is -0.463 e. The van der Waals surface area contributed by atoms with Crippen molar-refractivity contribution in [1.29, 1.82) is 0 Å². The van der Waals surface area contributed by atoms with Gasteiger partial charge in [0.2, 0.25) is 11.3 Å². The van der Waals surface area contributed by atoms with Crippen LogP contribution in [-0.4, -0.2) is 18.7 Å². The van der Waals surface area contributed by atoms with E-state index in [-0.39, 0.29) is 16.9 Å². The fourth-order valence-corrected chi connectivity index (χ4v) is 1.90. The third kappa shape index (κ3) is 3.66. The molecule has 0 atom stereocenters. The van der Waals surface area contributed by atoms with Gasteiger partial charge in [0.05, 0.1) is 10.9 Å². The van der Waals surface area contributed by atoms with E-state index < -0.39 is 0 Å². The lowest BCUT2D eigenvalue weighted by atomic mass is 10.1. The summed E-state index contributed by atoms with van der Waals surface area (Å²) in [7, 11) is 0. The zero-order valence-corrected chi connectivity index (χ0v) is 11.6. The van der Waals surface area contributed by atoms with Gasteiger partial charge >= 0.3 is 0 Å². The number of carbonyl (C=O) groups is 2. The maximum atomic E-state index is 12.0. The Balaban J connectivity index is 2.20. The van der Waals surface area contributed by atoms with Gasteiger partial charge in [-0.2, -0.15) is 0 Å². The molecule has 2 rings (SSSR count). The molecule has 0 aliphatic heterocycles. The molecular weight excluding hydrogens is 270 g/mol. The molecule has 0 saturated carbocycles. The third-order valence-corrected chi connectivity index (χ3v) is 2.95. The average Bonchev–Trinajstić information content (AvgIpc) is 2.47. The van der Waals surface area contributed by atoms with E-state index in [1.54, 1.807) is 12.1 Å². The highest BCUT2D eigenvalue weighted by Gasteiger charge is 2.06. The van der Waals surface area contributed by atoms with Crippen LogP contribution in [0.25, 0.3) is 17.0 Å². The predicted molar refractivity (Wildman–Crippen MR) is 80.2 cm³/mol. The molecule has 0 spiro atoms. The van der Waals surface area contributed by atoms with Crippen LogP contribution in [0.3, 0.4) is 0 Å². The highest BCUT2D eigenvalue weighted by Crippen LogP contribution is 2.14. The summed E-state index contributed by atoms with van der Waals surface area (Å²) in [5.41, 5.74) is 0.954. The zero-order valence-electron chi connectivity index (χ0n) is 11.6. The van der Waals surface area contributed by atoms with E-state index in [0.29, 0.717) is 30.2 Å². The summed E-state index contributed by atoms with van der Waals surface area (Å²) in [5, 5.41) is 3.07. The van der Waals surface area contributed by atoms with Crippen LogP contribution in [-0.2, 0) is 4.79 Å². The molecule has 0 aliphatic carbocycles. The minimum atomic E-state index is -0.334. The molecule has 0 unspecified atom stereocenters. The molecule has 0 aliphatic rings. The van der Waals surface area contributed by atoms with Crippen LogP contribution in [0.15, 0.2) is 39.7 Å². The standard InChI is InChI=1S/C16H15NO4/c1-11(19)17-7-3-2-4-12-5-6-15-14(8-12)16(20)13(9-18)10-21-15/h2,4-6,8-10H,3,7H2,1H3,(H,17,19). The molecule has 1 aromatic carbocycles. The number of hydrogen-bond acceptors (Lipinski definition) is 4. The number of carbonyl (C=O) groups excluding carboxylic acids is 2. The number of fused-ring (bicyclic) bond motifs is 1. The summed E-state index contributed by atoms with van der Waals surface area (Å²) in [4.78, 5) is 33.5. The first-order chi connectivity index (χ1) is 10.1. The molecule has 108 valence electrons. The van der Waals surface area contributed by atoms with E-state index in [4.69, 9.17) is 4.42 Å². The predicted octanol–water partition coefficient (Wildman–Crippen LogP) is 2.14. The van der Waals surface area contributed by atoms with E-state index >= 15 is 0 Å². The van der Waals surface area contributed by atoms with Crippen molar-refractivity contribution in [3.05, 3.63) is 51.9 Å². The summed E-state index contributed by atoms with van der Waals surface area (Å²) in [5.74, 6) is -0.0619. The van der Waals surface area contributed by atoms with Gasteiger partial charge < -0.3 is 9.73 Å². The van der Waals surface area contributed by atoms with Gasteiger partial charge in [-0.15, -0.1) is 0 Å². The quantitative estimate of drug-likeness (QED) is 0.674. The van der Waals surface area contributed by atoms with E-state index in [1.807, 2.05) is 18.2 Å². The normalized spacial score (nSPS) is 10.9. The summed E-state index contributed by atoms with van der Waals surface area (Å²) >= 11 is 0. The van der Waals surface area contributed by atoms with Crippen LogP contribution >= 0.6 is 0 Å². The second-order valence-corrected chi connectivity index (χ2v) is 4.57. The molecular formula is C16H15NO4. The van der Waals surface area contributed by atoms with E-state index in [9.17, 15) is 14.4 Å². The Labute approximate surface area is 121 Å². The van der Waals surface area contributed by atoms with Gasteiger partial charge in [-0.3, -0.25) is 14.4 Å². The van der Waals surface area contributed by atoms with Crippen molar-refractivity contribution in [2.45, 2.75) is 13.3 Å². The molecule has 2 aromatic rings. The molecule has 1 aromatic heterocycles. The Morgan fingerprint density at radius 3 is 2.90 bits per heavy atom. The van der Waals surface area contributed by atoms with Crippen LogP contribution in [0.4, 0.5) is 0 Å². The van der Waals surface area contributed by atoms with Crippen LogP contribution in [0, 0.1) is 0 Å². The second kappa shape index (κ2) is 6.65. The minimum absolute atomic E-state index is 0.00860. The lowest BCUT2D eigenvalue weighted by molar-refractivity contribution is -0.118. The number of benzene rings is 1. The molecule has 21 heavy (non-hydrogen) atoms. The molecule has 1 heterocycles. The largest absolute Gasteiger partial charge is 0.463 e. The van der Waals surface area contributed by atoms with Crippen molar-refractivity contribution in [3.8, 4) is 0 Å². The summed E-state index contributed by atoms with van der Waals surface area (Å²) in [6, 6.07) is 5.20. The number of amides is 1. The van der Waals surface area contributed by atoms with E-state index in [2.05, 4.69) is 5.32 Å². The van der Waals surface area contributed by atoms with Gasteiger partial charge in [-0.1, -0.05) is 18.2 Å². The molecule has 0 fully saturated rings. The summed E-state index contributed by atoms with van der Waals surface area (Å²) in [6.07, 6.45) is 6.11. The molecule has 0 radical (unpaired) electrons. The Morgan fingerprint density at radius 2 is 2.19 bits per heavy atom. The third-order valence-electron chi connectivity index (χ3n) is 2.95. The smallest absolute Gasteiger partial charge is 0.216 e. The highest BCUT2D eigenvalue weighted by atomic mass is 16.3. The number of hydrogen-bond donors (Lipinski definition) is 1. The lowest BCUT2D eigenvalue weighted by Gasteiger charge is -2.00. The maximum Gasteiger partial charge on any atom is 0.216 e. The van der Waals surface area contributed by atoms with Gasteiger partial charge in [0, 0.05) is 13.5 Å². The zero-order chi connectivity index (χ0) is 15.2. The Bertz CT molecular complexity index is 758. The van der Waals surface area contributed by atoms with Crippen LogP contribution in [0.5, 0.6) is 0 Å². The molecule has 1 amide bonds. The Morgan fingerprint density at radius 1 is 1.38 bits per heavy atom. The van der Waals surface area contributed by atoms with Crippen molar-refractivity contribution in [1.82, 2.24) is 5.32 Å². The molecule has 0 saturated heterocycles. The molecule has 1 N–H and O–H groups in total. The van der Waals surface area contributed by atoms with E-state index in [0.717, 1.165) is 5.56 Å². The fraction of sp³-hybridized carbons (Fsp3) is 0.188. The van der Waals surface area contributed by atoms with Crippen molar-refractivity contribution in [2.75, 3.05) is 6.54 Å². The Hall–Kier alpha value is -2.69. The highest BCUT2D eigenvalue weighted by molar-refractivity contribution is 5.85. The second-order valence-electron chi connectivity index (χ2n) is 4.57. The van der Waals surface area contributed by atoms with Gasteiger partial charge in [0.15, 0.2) is 6.29 Å². The van der Waals surface area contributed by atoms with Crippen LogP contribution in [0.2, 0.25) is 0 Å². The first-order valence-corrected chi connectivity index (χ1v) is 6.53. The average molecular weight is 285 g/mol. The van der Waals surface area contributed by atoms with Crippen molar-refractivity contribution < 1.29 is 14.0 Å². The van der Waals surface area contributed by atoms with Crippen molar-refractivity contribution >= 4 is 29.2 Å². The van der Waals surface area contributed by atoms with Gasteiger partial charge in [-0.25, -0.2) is 0 Å². The van der Waals surface area contributed by atoms with Crippen molar-refractivity contribution in [3.63, 3.8) is 0 Å². The van der Waals surface area contributed by atoms with Gasteiger partial charge in [0.25, 0.3) is 0 Å². The topological polar surface area (TPSA) is 76.4 Å². The summed E-state index contributed by atoms with van der Waals surface area (Å²) < 4.78 is 5.24. The Kier molecular flexibility index (Phi) is 4.66. The maximum absolute atomic E-state index is 12.0. The van der Waals surface area contributed by atoms with Crippen LogP contribution < -0.4 is 10.7 Å². The number of nitrogens with one attached hydrogen (secondary N) is 1. The number of aldehydes is 1. The fourth-order valence-electron chi connectivity index (χ4n) is 1.90. The van der Waals surface area contributed by atoms with E-state index in [1.165, 1.54) is 13.2 Å².